The van der Waals surface area contributed by atoms with Crippen LogP contribution in [-0.2, 0) is 11.2 Å². The third kappa shape index (κ3) is 3.72. The number of carboxylic acids is 1. The molecule has 0 aliphatic rings. The number of methoxy groups -OCH3 is 1. The zero-order valence-corrected chi connectivity index (χ0v) is 12.2. The Bertz CT molecular complexity index is 637. The van der Waals surface area contributed by atoms with E-state index in [0.29, 0.717) is 5.56 Å². The Hall–Kier alpha value is -2.55. The molecule has 2 aromatic carbocycles. The molecule has 0 amide bonds. The van der Waals surface area contributed by atoms with Crippen LogP contribution >= 0.6 is 0 Å². The van der Waals surface area contributed by atoms with E-state index in [9.17, 15) is 9.90 Å². The number of carboxylic acid groups (broad SMARTS) is 1. The minimum Gasteiger partial charge on any atom is -0.497 e. The molecule has 21 heavy (non-hydrogen) atoms. The summed E-state index contributed by atoms with van der Waals surface area (Å²) in [6, 6.07) is 14.9. The monoisotopic (exact) mass is 282 g/mol. The third-order valence-corrected chi connectivity index (χ3v) is 3.33. The largest absolute Gasteiger partial charge is 0.497 e. The fraction of sp³-hybridized carbons (Fsp3) is 0.167. The topological polar surface area (TPSA) is 46.5 Å². The van der Waals surface area contributed by atoms with E-state index in [1.807, 2.05) is 48.5 Å². The van der Waals surface area contributed by atoms with Gasteiger partial charge in [0, 0.05) is 0 Å². The number of hydrogen-bond donors (Lipinski definition) is 1. The first-order valence-electron chi connectivity index (χ1n) is 6.82. The molecule has 2 rings (SSSR count). The van der Waals surface area contributed by atoms with Crippen LogP contribution in [0.25, 0.3) is 11.6 Å². The van der Waals surface area contributed by atoms with Crippen molar-refractivity contribution in [3.8, 4) is 5.75 Å². The average Bonchev–Trinajstić information content (AvgIpc) is 2.53. The van der Waals surface area contributed by atoms with Gasteiger partial charge in [-0.1, -0.05) is 43.3 Å². The second kappa shape index (κ2) is 6.75. The highest BCUT2D eigenvalue weighted by atomic mass is 16.5. The molecule has 3 nitrogen and oxygen atoms in total. The summed E-state index contributed by atoms with van der Waals surface area (Å²) < 4.78 is 5.09. The fourth-order valence-electron chi connectivity index (χ4n) is 2.06. The van der Waals surface area contributed by atoms with Gasteiger partial charge in [-0.15, -0.1) is 0 Å². The smallest absolute Gasteiger partial charge is 0.336 e. The SMILES string of the molecule is CCc1ccc(/C(=C/c2ccc(OC)cc2)C(=O)O)cc1. The van der Waals surface area contributed by atoms with Gasteiger partial charge in [0.25, 0.3) is 0 Å². The van der Waals surface area contributed by atoms with Crippen LogP contribution in [0.5, 0.6) is 5.75 Å². The van der Waals surface area contributed by atoms with Gasteiger partial charge in [0.15, 0.2) is 0 Å². The first-order chi connectivity index (χ1) is 10.1. The minimum atomic E-state index is -0.935. The van der Waals surface area contributed by atoms with Crippen molar-refractivity contribution < 1.29 is 14.6 Å². The highest BCUT2D eigenvalue weighted by molar-refractivity contribution is 6.20. The molecule has 0 unspecified atom stereocenters. The van der Waals surface area contributed by atoms with Gasteiger partial charge in [0.1, 0.15) is 5.75 Å². The van der Waals surface area contributed by atoms with E-state index in [0.717, 1.165) is 17.7 Å². The number of aryl methyl sites for hydroxylation is 1. The molecular weight excluding hydrogens is 264 g/mol. The number of aliphatic carboxylic acids is 1. The second-order valence-electron chi connectivity index (χ2n) is 4.69. The predicted molar refractivity (Wildman–Crippen MR) is 84.3 cm³/mol. The van der Waals surface area contributed by atoms with Crippen LogP contribution < -0.4 is 4.74 Å². The third-order valence-electron chi connectivity index (χ3n) is 3.33. The summed E-state index contributed by atoms with van der Waals surface area (Å²) in [6.45, 7) is 2.07. The summed E-state index contributed by atoms with van der Waals surface area (Å²) in [4.78, 5) is 11.5. The average molecular weight is 282 g/mol. The molecule has 0 saturated heterocycles. The van der Waals surface area contributed by atoms with Gasteiger partial charge >= 0.3 is 5.97 Å². The number of rotatable bonds is 5. The lowest BCUT2D eigenvalue weighted by atomic mass is 10.0. The molecule has 108 valence electrons. The lowest BCUT2D eigenvalue weighted by Gasteiger charge is -2.05. The summed E-state index contributed by atoms with van der Waals surface area (Å²) in [5.41, 5.74) is 3.00. The van der Waals surface area contributed by atoms with Crippen LogP contribution in [-0.4, -0.2) is 18.2 Å². The molecule has 0 heterocycles. The molecule has 0 aliphatic heterocycles. The highest BCUT2D eigenvalue weighted by Gasteiger charge is 2.10. The molecule has 0 aromatic heterocycles. The van der Waals surface area contributed by atoms with Crippen molar-refractivity contribution in [1.29, 1.82) is 0 Å². The van der Waals surface area contributed by atoms with Crippen molar-refractivity contribution in [3.63, 3.8) is 0 Å². The molecule has 0 aliphatic carbocycles. The van der Waals surface area contributed by atoms with Crippen molar-refractivity contribution in [2.45, 2.75) is 13.3 Å². The summed E-state index contributed by atoms with van der Waals surface area (Å²) >= 11 is 0. The highest BCUT2D eigenvalue weighted by Crippen LogP contribution is 2.21. The van der Waals surface area contributed by atoms with E-state index in [1.165, 1.54) is 5.56 Å². The Labute approximate surface area is 124 Å². The predicted octanol–water partition coefficient (Wildman–Crippen LogP) is 3.88. The maximum absolute atomic E-state index is 11.5. The number of benzene rings is 2. The Morgan fingerprint density at radius 2 is 1.71 bits per heavy atom. The summed E-state index contributed by atoms with van der Waals surface area (Å²) in [5.74, 6) is -0.189. The van der Waals surface area contributed by atoms with Gasteiger partial charge < -0.3 is 9.84 Å². The van der Waals surface area contributed by atoms with Crippen LogP contribution in [0.15, 0.2) is 48.5 Å². The van der Waals surface area contributed by atoms with Crippen molar-refractivity contribution in [2.75, 3.05) is 7.11 Å². The second-order valence-corrected chi connectivity index (χ2v) is 4.69. The lowest BCUT2D eigenvalue weighted by Crippen LogP contribution is -1.99. The summed E-state index contributed by atoms with van der Waals surface area (Å²) in [7, 11) is 1.60. The Balaban J connectivity index is 2.36. The van der Waals surface area contributed by atoms with E-state index in [4.69, 9.17) is 4.74 Å². The van der Waals surface area contributed by atoms with Crippen LogP contribution in [0, 0.1) is 0 Å². The minimum absolute atomic E-state index is 0.280. The molecule has 0 fully saturated rings. The van der Waals surface area contributed by atoms with Crippen LogP contribution in [0.4, 0.5) is 0 Å². The molecule has 0 atom stereocenters. The molecule has 2 aromatic rings. The maximum Gasteiger partial charge on any atom is 0.336 e. The van der Waals surface area contributed by atoms with Gasteiger partial charge in [-0.3, -0.25) is 0 Å². The van der Waals surface area contributed by atoms with E-state index >= 15 is 0 Å². The van der Waals surface area contributed by atoms with E-state index < -0.39 is 5.97 Å². The van der Waals surface area contributed by atoms with Crippen molar-refractivity contribution in [1.82, 2.24) is 0 Å². The molecule has 0 saturated carbocycles. The molecule has 3 heteroatoms. The summed E-state index contributed by atoms with van der Waals surface area (Å²) in [6.07, 6.45) is 2.60. The first kappa shape index (κ1) is 14.9. The molecule has 1 N–H and O–H groups in total. The van der Waals surface area contributed by atoms with Gasteiger partial charge in [0.2, 0.25) is 0 Å². The number of carbonyl (C=O) groups is 1. The van der Waals surface area contributed by atoms with Crippen molar-refractivity contribution in [2.24, 2.45) is 0 Å². The van der Waals surface area contributed by atoms with Gasteiger partial charge in [-0.2, -0.15) is 0 Å². The summed E-state index contributed by atoms with van der Waals surface area (Å²) in [5, 5.41) is 9.42. The Morgan fingerprint density at radius 1 is 1.10 bits per heavy atom. The normalized spacial score (nSPS) is 11.2. The lowest BCUT2D eigenvalue weighted by molar-refractivity contribution is -0.130. The van der Waals surface area contributed by atoms with E-state index in [2.05, 4.69) is 6.92 Å². The van der Waals surface area contributed by atoms with Crippen molar-refractivity contribution in [3.05, 3.63) is 65.2 Å². The quantitative estimate of drug-likeness (QED) is 0.668. The van der Waals surface area contributed by atoms with Gasteiger partial charge in [-0.05, 0) is 41.3 Å². The van der Waals surface area contributed by atoms with Crippen LogP contribution in [0.2, 0.25) is 0 Å². The van der Waals surface area contributed by atoms with E-state index in [1.54, 1.807) is 13.2 Å². The van der Waals surface area contributed by atoms with E-state index in [-0.39, 0.29) is 5.57 Å². The standard InChI is InChI=1S/C18H18O3/c1-3-13-4-8-15(9-5-13)17(18(19)20)12-14-6-10-16(21-2)11-7-14/h4-12H,3H2,1-2H3,(H,19,20)/b17-12-. The fourth-order valence-corrected chi connectivity index (χ4v) is 2.06. The number of hydrogen-bond acceptors (Lipinski definition) is 2. The molecule has 0 bridgehead atoms. The van der Waals surface area contributed by atoms with Gasteiger partial charge in [0.05, 0.1) is 12.7 Å². The molecule has 0 spiro atoms. The Morgan fingerprint density at radius 3 is 2.19 bits per heavy atom. The van der Waals surface area contributed by atoms with Gasteiger partial charge in [-0.25, -0.2) is 4.79 Å². The Kier molecular flexibility index (Phi) is 4.77. The van der Waals surface area contributed by atoms with Crippen LogP contribution in [0.3, 0.4) is 0 Å². The molecule has 0 radical (unpaired) electrons. The van der Waals surface area contributed by atoms with Crippen molar-refractivity contribution >= 4 is 17.6 Å². The number of ether oxygens (including phenoxy) is 1. The maximum atomic E-state index is 11.5. The first-order valence-corrected chi connectivity index (χ1v) is 6.82. The molecular formula is C18H18O3. The zero-order valence-electron chi connectivity index (χ0n) is 12.2. The zero-order chi connectivity index (χ0) is 15.2. The van der Waals surface area contributed by atoms with Crippen LogP contribution in [0.1, 0.15) is 23.6 Å².